The predicted molar refractivity (Wildman–Crippen MR) is 90.4 cm³/mol. The molecule has 0 amide bonds. The molecule has 0 atom stereocenters. The maximum atomic E-state index is 13.7. The molecule has 3 heterocycles. The molecule has 0 aliphatic heterocycles. The van der Waals surface area contributed by atoms with Crippen LogP contribution in [0.5, 0.6) is 0 Å². The summed E-state index contributed by atoms with van der Waals surface area (Å²) in [4.78, 5) is 15.5. The third-order valence-corrected chi connectivity index (χ3v) is 3.67. The number of carboxylic acids is 1. The van der Waals surface area contributed by atoms with Gasteiger partial charge in [-0.3, -0.25) is 4.40 Å². The predicted octanol–water partition coefficient (Wildman–Crippen LogP) is 4.85. The van der Waals surface area contributed by atoms with Gasteiger partial charge in [0.05, 0.1) is 17.5 Å². The summed E-state index contributed by atoms with van der Waals surface area (Å²) < 4.78 is 20.5. The van der Waals surface area contributed by atoms with E-state index in [0.29, 0.717) is 22.8 Å². The summed E-state index contributed by atoms with van der Waals surface area (Å²) in [5.41, 5.74) is 1.32. The minimum absolute atomic E-state index is 0.0943. The molecule has 0 saturated heterocycles. The van der Waals surface area contributed by atoms with Crippen LogP contribution in [-0.4, -0.2) is 20.5 Å². The number of pyridine rings is 1. The number of carboxylic acid groups (broad SMARTS) is 1. The lowest BCUT2D eigenvalue weighted by molar-refractivity contribution is 0.0697. The van der Waals surface area contributed by atoms with E-state index in [9.17, 15) is 9.18 Å². The highest BCUT2D eigenvalue weighted by atomic mass is 19.1. The number of hydrogen-bond acceptors (Lipinski definition) is 5. The largest absolute Gasteiger partial charge is 0.478 e. The van der Waals surface area contributed by atoms with E-state index in [1.165, 1.54) is 41.1 Å². The second-order valence-corrected chi connectivity index (χ2v) is 5.39. The van der Waals surface area contributed by atoms with Crippen molar-refractivity contribution in [3.05, 3.63) is 72.4 Å². The zero-order valence-corrected chi connectivity index (χ0v) is 13.2. The van der Waals surface area contributed by atoms with Gasteiger partial charge in [-0.15, -0.1) is 10.2 Å². The lowest BCUT2D eigenvalue weighted by atomic mass is 10.2. The Morgan fingerprint density at radius 2 is 2.04 bits per heavy atom. The second-order valence-electron chi connectivity index (χ2n) is 5.39. The quantitative estimate of drug-likeness (QED) is 0.533. The summed E-state index contributed by atoms with van der Waals surface area (Å²) in [5, 5.41) is 17.3. The van der Waals surface area contributed by atoms with Gasteiger partial charge in [-0.25, -0.2) is 14.2 Å². The molecule has 4 rings (SSSR count). The molecule has 128 valence electrons. The van der Waals surface area contributed by atoms with Crippen molar-refractivity contribution in [2.24, 2.45) is 10.2 Å². The van der Waals surface area contributed by atoms with Crippen molar-refractivity contribution in [1.29, 1.82) is 0 Å². The zero-order chi connectivity index (χ0) is 18.1. The zero-order valence-electron chi connectivity index (χ0n) is 13.2. The van der Waals surface area contributed by atoms with Crippen LogP contribution in [0.4, 0.5) is 15.9 Å². The van der Waals surface area contributed by atoms with E-state index < -0.39 is 11.8 Å². The minimum Gasteiger partial charge on any atom is -0.478 e. The van der Waals surface area contributed by atoms with Gasteiger partial charge in [0.2, 0.25) is 0 Å². The average Bonchev–Trinajstić information content (AvgIpc) is 3.27. The van der Waals surface area contributed by atoms with E-state index >= 15 is 0 Å². The highest BCUT2D eigenvalue weighted by Gasteiger charge is 2.16. The Morgan fingerprint density at radius 1 is 1.15 bits per heavy atom. The molecule has 0 saturated carbocycles. The van der Waals surface area contributed by atoms with Crippen molar-refractivity contribution in [2.45, 2.75) is 0 Å². The third kappa shape index (κ3) is 2.84. The molecule has 8 heteroatoms. The first kappa shape index (κ1) is 15.7. The molecule has 0 radical (unpaired) electrons. The molecule has 0 unspecified atom stereocenters. The van der Waals surface area contributed by atoms with E-state index in [-0.39, 0.29) is 11.4 Å². The number of halogens is 1. The fourth-order valence-electron chi connectivity index (χ4n) is 2.49. The summed E-state index contributed by atoms with van der Waals surface area (Å²) in [7, 11) is 0. The van der Waals surface area contributed by atoms with Gasteiger partial charge >= 0.3 is 5.97 Å². The fraction of sp³-hybridized carbons (Fsp3) is 0. The molecule has 0 aliphatic rings. The van der Waals surface area contributed by atoms with E-state index in [1.54, 1.807) is 24.3 Å². The molecule has 7 nitrogen and oxygen atoms in total. The molecule has 0 bridgehead atoms. The molecule has 0 aliphatic carbocycles. The molecule has 0 spiro atoms. The highest BCUT2D eigenvalue weighted by Crippen LogP contribution is 2.32. The molecule has 1 N–H and O–H groups in total. The van der Waals surface area contributed by atoms with Gasteiger partial charge in [-0.2, -0.15) is 0 Å². The summed E-state index contributed by atoms with van der Waals surface area (Å²) in [6, 6.07) is 12.3. The van der Waals surface area contributed by atoms with E-state index in [0.717, 1.165) is 0 Å². The Labute approximate surface area is 146 Å². The Balaban J connectivity index is 1.84. The van der Waals surface area contributed by atoms with Crippen LogP contribution in [0.1, 0.15) is 10.4 Å². The van der Waals surface area contributed by atoms with Gasteiger partial charge < -0.3 is 9.52 Å². The number of azo groups is 1. The summed E-state index contributed by atoms with van der Waals surface area (Å²) >= 11 is 0. The van der Waals surface area contributed by atoms with E-state index in [2.05, 4.69) is 15.2 Å². The van der Waals surface area contributed by atoms with E-state index in [1.807, 2.05) is 0 Å². The van der Waals surface area contributed by atoms with Crippen LogP contribution in [-0.2, 0) is 0 Å². The standard InChI is InChI=1S/C18H11FN4O3/c19-12-6-7-15-20-16(14-5-2-8-26-14)17(23(15)10-12)22-21-13-4-1-3-11(9-13)18(24)25/h1-10H,(H,24,25). The monoisotopic (exact) mass is 350 g/mol. The number of rotatable bonds is 4. The number of aromatic nitrogens is 2. The Kier molecular flexibility index (Phi) is 3.77. The molecule has 26 heavy (non-hydrogen) atoms. The van der Waals surface area contributed by atoms with Gasteiger partial charge in [0.15, 0.2) is 17.3 Å². The molecule has 4 aromatic rings. The Hall–Kier alpha value is -3.81. The SMILES string of the molecule is O=C(O)c1cccc(N=Nc2c(-c3ccco3)nc3ccc(F)cn23)c1. The summed E-state index contributed by atoms with van der Waals surface area (Å²) in [5.74, 6) is -0.780. The first-order valence-electron chi connectivity index (χ1n) is 7.58. The number of furan rings is 1. The van der Waals surface area contributed by atoms with Gasteiger partial charge in [0.1, 0.15) is 11.5 Å². The van der Waals surface area contributed by atoms with Crippen molar-refractivity contribution < 1.29 is 18.7 Å². The lowest BCUT2D eigenvalue weighted by Gasteiger charge is -1.98. The first-order chi connectivity index (χ1) is 12.6. The average molecular weight is 350 g/mol. The van der Waals surface area contributed by atoms with Crippen LogP contribution in [0.15, 0.2) is 75.6 Å². The van der Waals surface area contributed by atoms with Crippen molar-refractivity contribution in [1.82, 2.24) is 9.38 Å². The van der Waals surface area contributed by atoms with Crippen LogP contribution >= 0.6 is 0 Å². The maximum absolute atomic E-state index is 13.7. The van der Waals surface area contributed by atoms with Gasteiger partial charge in [0.25, 0.3) is 0 Å². The molecule has 1 aromatic carbocycles. The third-order valence-electron chi connectivity index (χ3n) is 3.67. The van der Waals surface area contributed by atoms with Crippen molar-refractivity contribution in [3.63, 3.8) is 0 Å². The number of carbonyl (C=O) groups is 1. The number of fused-ring (bicyclic) bond motifs is 1. The summed E-state index contributed by atoms with van der Waals surface area (Å²) in [6.07, 6.45) is 2.74. The van der Waals surface area contributed by atoms with Gasteiger partial charge in [0, 0.05) is 6.20 Å². The smallest absolute Gasteiger partial charge is 0.335 e. The maximum Gasteiger partial charge on any atom is 0.335 e. The van der Waals surface area contributed by atoms with Crippen molar-refractivity contribution in [3.8, 4) is 11.5 Å². The van der Waals surface area contributed by atoms with Crippen LogP contribution in [0, 0.1) is 5.82 Å². The lowest BCUT2D eigenvalue weighted by Crippen LogP contribution is -1.94. The first-order valence-corrected chi connectivity index (χ1v) is 7.58. The molecular formula is C18H11FN4O3. The minimum atomic E-state index is -1.06. The van der Waals surface area contributed by atoms with Crippen LogP contribution in [0.3, 0.4) is 0 Å². The van der Waals surface area contributed by atoms with E-state index in [4.69, 9.17) is 9.52 Å². The normalized spacial score (nSPS) is 11.4. The summed E-state index contributed by atoms with van der Waals surface area (Å²) in [6.45, 7) is 0. The Bertz CT molecular complexity index is 1130. The number of imidazole rings is 1. The van der Waals surface area contributed by atoms with Crippen LogP contribution in [0.2, 0.25) is 0 Å². The van der Waals surface area contributed by atoms with Crippen molar-refractivity contribution >= 4 is 23.1 Å². The van der Waals surface area contributed by atoms with Crippen molar-refractivity contribution in [2.75, 3.05) is 0 Å². The molecular weight excluding hydrogens is 339 g/mol. The van der Waals surface area contributed by atoms with Crippen LogP contribution in [0.25, 0.3) is 17.1 Å². The topological polar surface area (TPSA) is 92.5 Å². The van der Waals surface area contributed by atoms with Gasteiger partial charge in [-0.05, 0) is 42.5 Å². The molecule has 3 aromatic heterocycles. The fourth-order valence-corrected chi connectivity index (χ4v) is 2.49. The Morgan fingerprint density at radius 3 is 2.81 bits per heavy atom. The number of hydrogen-bond donors (Lipinski definition) is 1. The number of nitrogens with zero attached hydrogens (tertiary/aromatic N) is 4. The second kappa shape index (κ2) is 6.25. The highest BCUT2D eigenvalue weighted by molar-refractivity contribution is 5.88. The number of benzene rings is 1. The van der Waals surface area contributed by atoms with Gasteiger partial charge in [-0.1, -0.05) is 6.07 Å². The molecule has 0 fully saturated rings. The number of aromatic carboxylic acids is 1. The van der Waals surface area contributed by atoms with Crippen LogP contribution < -0.4 is 0 Å².